The highest BCUT2D eigenvalue weighted by Gasteiger charge is 2.42. The molecule has 0 heterocycles. The number of aliphatic carboxylic acids is 1. The summed E-state index contributed by atoms with van der Waals surface area (Å²) < 4.78 is 4.79. The normalized spacial score (nSPS) is 30.9. The van der Waals surface area contributed by atoms with E-state index in [0.717, 1.165) is 6.42 Å². The number of carboxylic acids is 1. The van der Waals surface area contributed by atoms with E-state index >= 15 is 0 Å². The Labute approximate surface area is 89.6 Å². The van der Waals surface area contributed by atoms with Crippen LogP contribution in [0.25, 0.3) is 0 Å². The average molecular weight is 214 g/mol. The van der Waals surface area contributed by atoms with E-state index in [4.69, 9.17) is 9.84 Å². The van der Waals surface area contributed by atoms with Gasteiger partial charge in [0.25, 0.3) is 0 Å². The molecule has 0 saturated heterocycles. The topological polar surface area (TPSA) is 63.6 Å². The highest BCUT2D eigenvalue weighted by Crippen LogP contribution is 2.42. The van der Waals surface area contributed by atoms with Gasteiger partial charge in [0, 0.05) is 0 Å². The summed E-state index contributed by atoms with van der Waals surface area (Å²) in [6, 6.07) is 0. The molecule has 0 aromatic heterocycles. The molecule has 86 valence electrons. The molecule has 0 aromatic carbocycles. The summed E-state index contributed by atoms with van der Waals surface area (Å²) in [5.41, 5.74) is -0.430. The van der Waals surface area contributed by atoms with Crippen molar-refractivity contribution < 1.29 is 19.4 Å². The second-order valence-corrected chi connectivity index (χ2v) is 4.24. The fraction of sp³-hybridized carbons (Fsp3) is 0.818. The van der Waals surface area contributed by atoms with Gasteiger partial charge in [-0.05, 0) is 32.1 Å². The summed E-state index contributed by atoms with van der Waals surface area (Å²) in [5, 5.41) is 8.86. The summed E-state index contributed by atoms with van der Waals surface area (Å²) >= 11 is 0. The van der Waals surface area contributed by atoms with E-state index in [1.54, 1.807) is 0 Å². The number of rotatable bonds is 3. The van der Waals surface area contributed by atoms with Gasteiger partial charge in [-0.1, -0.05) is 6.92 Å². The maximum Gasteiger partial charge on any atom is 0.311 e. The third kappa shape index (κ3) is 2.30. The van der Waals surface area contributed by atoms with Crippen LogP contribution in [0.1, 0.15) is 39.0 Å². The molecule has 1 aliphatic carbocycles. The Morgan fingerprint density at radius 1 is 1.40 bits per heavy atom. The maximum atomic E-state index is 11.6. The van der Waals surface area contributed by atoms with E-state index < -0.39 is 11.4 Å². The van der Waals surface area contributed by atoms with Crippen LogP contribution >= 0.6 is 0 Å². The Kier molecular flexibility index (Phi) is 3.72. The molecule has 0 spiro atoms. The zero-order valence-corrected chi connectivity index (χ0v) is 9.28. The minimum absolute atomic E-state index is 0.186. The van der Waals surface area contributed by atoms with Gasteiger partial charge in [-0.2, -0.15) is 0 Å². The van der Waals surface area contributed by atoms with Crippen molar-refractivity contribution in [3.63, 3.8) is 0 Å². The number of carbonyl (C=O) groups is 2. The minimum atomic E-state index is -0.746. The molecule has 15 heavy (non-hydrogen) atoms. The van der Waals surface area contributed by atoms with Crippen molar-refractivity contribution in [3.05, 3.63) is 0 Å². The van der Waals surface area contributed by atoms with E-state index in [9.17, 15) is 9.59 Å². The number of ether oxygens (including phenoxy) is 1. The molecule has 1 saturated carbocycles. The van der Waals surface area contributed by atoms with Crippen molar-refractivity contribution in [3.8, 4) is 0 Å². The zero-order chi connectivity index (χ0) is 11.5. The SMILES string of the molecule is CCC1(C(=O)OC)CCC(C(=O)O)CC1. The Morgan fingerprint density at radius 2 is 1.93 bits per heavy atom. The van der Waals surface area contributed by atoms with Crippen molar-refractivity contribution in [2.24, 2.45) is 11.3 Å². The van der Waals surface area contributed by atoms with Gasteiger partial charge in [-0.15, -0.1) is 0 Å². The molecule has 0 radical (unpaired) electrons. The van der Waals surface area contributed by atoms with Crippen LogP contribution in [-0.2, 0) is 14.3 Å². The van der Waals surface area contributed by atoms with Crippen LogP contribution in [-0.4, -0.2) is 24.2 Å². The van der Waals surface area contributed by atoms with Crippen molar-refractivity contribution in [1.82, 2.24) is 0 Å². The van der Waals surface area contributed by atoms with Gasteiger partial charge in [0.2, 0.25) is 0 Å². The molecule has 0 atom stereocenters. The van der Waals surface area contributed by atoms with Gasteiger partial charge in [-0.3, -0.25) is 9.59 Å². The van der Waals surface area contributed by atoms with Crippen LogP contribution in [0.3, 0.4) is 0 Å². The standard InChI is InChI=1S/C11H18O4/c1-3-11(10(14)15-2)6-4-8(5-7-11)9(12)13/h8H,3-7H2,1-2H3,(H,12,13). The molecule has 0 aromatic rings. The average Bonchev–Trinajstić information content (AvgIpc) is 2.27. The van der Waals surface area contributed by atoms with E-state index in [-0.39, 0.29) is 11.9 Å². The molecule has 0 aliphatic heterocycles. The summed E-state index contributed by atoms with van der Waals surface area (Å²) in [5.74, 6) is -1.22. The lowest BCUT2D eigenvalue weighted by atomic mass is 9.69. The molecule has 4 heteroatoms. The Morgan fingerprint density at radius 3 is 2.27 bits per heavy atom. The summed E-state index contributed by atoms with van der Waals surface area (Å²) in [4.78, 5) is 22.4. The number of esters is 1. The van der Waals surface area contributed by atoms with Gasteiger partial charge in [0.05, 0.1) is 18.4 Å². The summed E-state index contributed by atoms with van der Waals surface area (Å²) in [7, 11) is 1.39. The van der Waals surface area contributed by atoms with Crippen LogP contribution in [0.5, 0.6) is 0 Å². The Balaban J connectivity index is 2.66. The van der Waals surface area contributed by atoms with E-state index in [2.05, 4.69) is 0 Å². The first-order valence-corrected chi connectivity index (χ1v) is 5.37. The Hall–Kier alpha value is -1.06. The second kappa shape index (κ2) is 4.64. The first-order valence-electron chi connectivity index (χ1n) is 5.37. The lowest BCUT2D eigenvalue weighted by Gasteiger charge is -2.35. The van der Waals surface area contributed by atoms with Crippen molar-refractivity contribution in [2.75, 3.05) is 7.11 Å². The minimum Gasteiger partial charge on any atom is -0.481 e. The highest BCUT2D eigenvalue weighted by molar-refractivity contribution is 5.77. The quantitative estimate of drug-likeness (QED) is 0.728. The molecule has 0 unspecified atom stereocenters. The van der Waals surface area contributed by atoms with Crippen LogP contribution < -0.4 is 0 Å². The number of carboxylic acid groups (broad SMARTS) is 1. The fourth-order valence-corrected chi connectivity index (χ4v) is 2.34. The lowest BCUT2D eigenvalue weighted by Crippen LogP contribution is -2.37. The maximum absolute atomic E-state index is 11.6. The molecule has 0 amide bonds. The summed E-state index contributed by atoms with van der Waals surface area (Å²) in [6.45, 7) is 1.96. The molecule has 4 nitrogen and oxygen atoms in total. The van der Waals surface area contributed by atoms with Crippen LogP contribution in [0.2, 0.25) is 0 Å². The fourth-order valence-electron chi connectivity index (χ4n) is 2.34. The first kappa shape index (κ1) is 12.0. The number of carbonyl (C=O) groups excluding carboxylic acids is 1. The highest BCUT2D eigenvalue weighted by atomic mass is 16.5. The largest absolute Gasteiger partial charge is 0.481 e. The van der Waals surface area contributed by atoms with Gasteiger partial charge < -0.3 is 9.84 Å². The third-order valence-corrected chi connectivity index (χ3v) is 3.59. The Bertz CT molecular complexity index is 251. The zero-order valence-electron chi connectivity index (χ0n) is 9.28. The molecular weight excluding hydrogens is 196 g/mol. The van der Waals surface area contributed by atoms with Crippen molar-refractivity contribution >= 4 is 11.9 Å². The molecule has 1 rings (SSSR count). The van der Waals surface area contributed by atoms with Gasteiger partial charge >= 0.3 is 11.9 Å². The monoisotopic (exact) mass is 214 g/mol. The van der Waals surface area contributed by atoms with E-state index in [1.165, 1.54) is 7.11 Å². The molecular formula is C11H18O4. The smallest absolute Gasteiger partial charge is 0.311 e. The van der Waals surface area contributed by atoms with Crippen molar-refractivity contribution in [1.29, 1.82) is 0 Å². The number of hydrogen-bond acceptors (Lipinski definition) is 3. The first-order chi connectivity index (χ1) is 7.05. The summed E-state index contributed by atoms with van der Waals surface area (Å²) in [6.07, 6.45) is 3.16. The molecule has 1 N–H and O–H groups in total. The van der Waals surface area contributed by atoms with Crippen molar-refractivity contribution in [2.45, 2.75) is 39.0 Å². The lowest BCUT2D eigenvalue weighted by molar-refractivity contribution is -0.158. The van der Waals surface area contributed by atoms with Crippen LogP contribution in [0.15, 0.2) is 0 Å². The number of methoxy groups -OCH3 is 1. The van der Waals surface area contributed by atoms with E-state index in [0.29, 0.717) is 25.7 Å². The van der Waals surface area contributed by atoms with Crippen LogP contribution in [0.4, 0.5) is 0 Å². The predicted octanol–water partition coefficient (Wildman–Crippen LogP) is 1.83. The molecule has 1 fully saturated rings. The second-order valence-electron chi connectivity index (χ2n) is 4.24. The van der Waals surface area contributed by atoms with Gasteiger partial charge in [0.15, 0.2) is 0 Å². The van der Waals surface area contributed by atoms with Gasteiger partial charge in [-0.25, -0.2) is 0 Å². The molecule has 1 aliphatic rings. The van der Waals surface area contributed by atoms with Crippen LogP contribution in [0, 0.1) is 11.3 Å². The van der Waals surface area contributed by atoms with Gasteiger partial charge in [0.1, 0.15) is 0 Å². The third-order valence-electron chi connectivity index (χ3n) is 3.59. The number of hydrogen-bond donors (Lipinski definition) is 1. The van der Waals surface area contributed by atoms with E-state index in [1.807, 2.05) is 6.92 Å². The molecule has 0 bridgehead atoms. The predicted molar refractivity (Wildman–Crippen MR) is 54.3 cm³/mol.